The van der Waals surface area contributed by atoms with Crippen molar-refractivity contribution in [2.75, 3.05) is 0 Å². The zero-order chi connectivity index (χ0) is 17.7. The number of aryl methyl sites for hydroxylation is 3. The first-order valence-corrected chi connectivity index (χ1v) is 9.63. The number of benzene rings is 1. The highest BCUT2D eigenvalue weighted by Gasteiger charge is 2.28. The summed E-state index contributed by atoms with van der Waals surface area (Å²) in [6.45, 7) is 5.95. The van der Waals surface area contributed by atoms with E-state index in [2.05, 4.69) is 45.6 Å². The fourth-order valence-electron chi connectivity index (χ4n) is 3.91. The van der Waals surface area contributed by atoms with Crippen molar-refractivity contribution in [3.05, 3.63) is 56.9 Å². The van der Waals surface area contributed by atoms with Crippen LogP contribution in [0.5, 0.6) is 0 Å². The minimum absolute atomic E-state index is 0.263. The van der Waals surface area contributed by atoms with E-state index in [0.29, 0.717) is 5.69 Å². The molecule has 1 aliphatic rings. The lowest BCUT2D eigenvalue weighted by atomic mass is 10.1. The van der Waals surface area contributed by atoms with Gasteiger partial charge in [-0.1, -0.05) is 28.9 Å². The molecular formula is C20H22BrN3O. The van der Waals surface area contributed by atoms with E-state index in [9.17, 15) is 5.11 Å². The fraction of sp³-hybridized carbons (Fsp3) is 0.400. The number of aliphatic hydroxyl groups excluding tert-OH is 1. The molecule has 2 heterocycles. The predicted molar refractivity (Wildman–Crippen MR) is 103 cm³/mol. The molecule has 0 bridgehead atoms. The van der Waals surface area contributed by atoms with Crippen molar-refractivity contribution >= 4 is 27.1 Å². The number of rotatable bonds is 3. The van der Waals surface area contributed by atoms with Crippen LogP contribution in [-0.2, 0) is 12.8 Å². The smallest absolute Gasteiger partial charge is 0.161 e. The highest BCUT2D eigenvalue weighted by molar-refractivity contribution is 9.10. The summed E-state index contributed by atoms with van der Waals surface area (Å²) in [4.78, 5) is 9.66. The Morgan fingerprint density at radius 2 is 2.12 bits per heavy atom. The van der Waals surface area contributed by atoms with Gasteiger partial charge in [0.1, 0.15) is 11.3 Å². The molecule has 3 aromatic rings. The Labute approximate surface area is 156 Å². The molecule has 5 heteroatoms. The van der Waals surface area contributed by atoms with Gasteiger partial charge in [0.15, 0.2) is 5.65 Å². The molecule has 0 fully saturated rings. The van der Waals surface area contributed by atoms with Crippen molar-refractivity contribution in [3.63, 3.8) is 0 Å². The standard InChI is InChI=1S/C20H22BrN3O/c1-4-18-23-19-11(2)9-16(12(3)25)22-20(19)24(18)17-8-5-13-10-14(21)6-7-15(13)17/h6-7,9-10,12,17,25H,4-5,8H2,1-3H3/t12-,17?/m0/s1. The molecule has 0 radical (unpaired) electrons. The molecule has 0 aliphatic heterocycles. The number of nitrogens with zero attached hydrogens (tertiary/aromatic N) is 3. The first-order chi connectivity index (χ1) is 12.0. The first-order valence-electron chi connectivity index (χ1n) is 8.84. The summed E-state index contributed by atoms with van der Waals surface area (Å²) in [6, 6.07) is 8.76. The molecule has 0 spiro atoms. The molecule has 2 aromatic heterocycles. The van der Waals surface area contributed by atoms with E-state index in [-0.39, 0.29) is 6.04 Å². The summed E-state index contributed by atoms with van der Waals surface area (Å²) in [5.41, 5.74) is 6.39. The molecule has 0 amide bonds. The maximum atomic E-state index is 10.0. The van der Waals surface area contributed by atoms with Gasteiger partial charge < -0.3 is 9.67 Å². The maximum absolute atomic E-state index is 10.0. The van der Waals surface area contributed by atoms with Crippen LogP contribution in [0.2, 0.25) is 0 Å². The molecule has 1 aliphatic carbocycles. The summed E-state index contributed by atoms with van der Waals surface area (Å²) in [5, 5.41) is 10.0. The number of imidazole rings is 1. The lowest BCUT2D eigenvalue weighted by molar-refractivity contribution is 0.194. The molecule has 0 saturated carbocycles. The molecule has 130 valence electrons. The number of hydrogen-bond donors (Lipinski definition) is 1. The molecule has 2 atom stereocenters. The van der Waals surface area contributed by atoms with E-state index in [1.165, 1.54) is 11.1 Å². The Balaban J connectivity index is 1.96. The fourth-order valence-corrected chi connectivity index (χ4v) is 4.32. The summed E-state index contributed by atoms with van der Waals surface area (Å²) < 4.78 is 3.43. The minimum Gasteiger partial charge on any atom is -0.387 e. The van der Waals surface area contributed by atoms with E-state index >= 15 is 0 Å². The number of halogens is 1. The van der Waals surface area contributed by atoms with Gasteiger partial charge >= 0.3 is 0 Å². The van der Waals surface area contributed by atoms with E-state index in [0.717, 1.165) is 46.3 Å². The summed E-state index contributed by atoms with van der Waals surface area (Å²) >= 11 is 3.58. The zero-order valence-electron chi connectivity index (χ0n) is 14.8. The van der Waals surface area contributed by atoms with Gasteiger partial charge in [-0.3, -0.25) is 0 Å². The van der Waals surface area contributed by atoms with Crippen LogP contribution >= 0.6 is 15.9 Å². The topological polar surface area (TPSA) is 50.9 Å². The van der Waals surface area contributed by atoms with E-state index in [1.807, 2.05) is 13.0 Å². The predicted octanol–water partition coefficient (Wildman–Crippen LogP) is 4.65. The second-order valence-corrected chi connectivity index (χ2v) is 7.78. The molecule has 4 rings (SSSR count). The van der Waals surface area contributed by atoms with Crippen LogP contribution in [-0.4, -0.2) is 19.6 Å². The normalized spacial score (nSPS) is 17.9. The van der Waals surface area contributed by atoms with Crippen LogP contribution in [0.15, 0.2) is 28.7 Å². The number of aromatic nitrogens is 3. The van der Waals surface area contributed by atoms with Crippen molar-refractivity contribution in [1.82, 2.24) is 14.5 Å². The monoisotopic (exact) mass is 399 g/mol. The highest BCUT2D eigenvalue weighted by atomic mass is 79.9. The summed E-state index contributed by atoms with van der Waals surface area (Å²) in [7, 11) is 0. The van der Waals surface area contributed by atoms with Crippen LogP contribution in [0, 0.1) is 6.92 Å². The van der Waals surface area contributed by atoms with Gasteiger partial charge in [-0.05, 0) is 61.6 Å². The van der Waals surface area contributed by atoms with Gasteiger partial charge in [0.25, 0.3) is 0 Å². The van der Waals surface area contributed by atoms with Gasteiger partial charge in [0.2, 0.25) is 0 Å². The molecule has 4 nitrogen and oxygen atoms in total. The number of hydrogen-bond acceptors (Lipinski definition) is 3. The summed E-state index contributed by atoms with van der Waals surface area (Å²) in [5.74, 6) is 1.06. The third-order valence-corrected chi connectivity index (χ3v) is 5.63. The summed E-state index contributed by atoms with van der Waals surface area (Å²) in [6.07, 6.45) is 2.41. The van der Waals surface area contributed by atoms with E-state index < -0.39 is 6.10 Å². The van der Waals surface area contributed by atoms with Crippen molar-refractivity contribution in [2.45, 2.75) is 52.2 Å². The van der Waals surface area contributed by atoms with Crippen LogP contribution < -0.4 is 0 Å². The van der Waals surface area contributed by atoms with E-state index in [4.69, 9.17) is 9.97 Å². The maximum Gasteiger partial charge on any atom is 0.161 e. The van der Waals surface area contributed by atoms with Crippen molar-refractivity contribution < 1.29 is 5.11 Å². The lowest BCUT2D eigenvalue weighted by Gasteiger charge is -2.18. The Morgan fingerprint density at radius 3 is 2.84 bits per heavy atom. The quantitative estimate of drug-likeness (QED) is 0.696. The second kappa shape index (κ2) is 6.22. The van der Waals surface area contributed by atoms with Gasteiger partial charge in [-0.15, -0.1) is 0 Å². The Kier molecular flexibility index (Phi) is 4.16. The van der Waals surface area contributed by atoms with Gasteiger partial charge in [-0.2, -0.15) is 0 Å². The molecule has 25 heavy (non-hydrogen) atoms. The number of fused-ring (bicyclic) bond motifs is 2. The van der Waals surface area contributed by atoms with Crippen molar-refractivity contribution in [2.24, 2.45) is 0 Å². The lowest BCUT2D eigenvalue weighted by Crippen LogP contribution is -2.12. The van der Waals surface area contributed by atoms with Gasteiger partial charge in [-0.25, -0.2) is 9.97 Å². The number of aliphatic hydroxyl groups is 1. The molecule has 1 N–H and O–H groups in total. The zero-order valence-corrected chi connectivity index (χ0v) is 16.3. The van der Waals surface area contributed by atoms with Crippen LogP contribution in [0.4, 0.5) is 0 Å². The third kappa shape index (κ3) is 2.70. The third-order valence-electron chi connectivity index (χ3n) is 5.14. The van der Waals surface area contributed by atoms with Crippen LogP contribution in [0.3, 0.4) is 0 Å². The molecule has 0 saturated heterocycles. The van der Waals surface area contributed by atoms with Crippen molar-refractivity contribution in [3.8, 4) is 0 Å². The van der Waals surface area contributed by atoms with E-state index in [1.54, 1.807) is 6.92 Å². The number of pyridine rings is 1. The van der Waals surface area contributed by atoms with Gasteiger partial charge in [0.05, 0.1) is 17.8 Å². The van der Waals surface area contributed by atoms with Crippen molar-refractivity contribution in [1.29, 1.82) is 0 Å². The Bertz CT molecular complexity index is 961. The van der Waals surface area contributed by atoms with Crippen LogP contribution in [0.25, 0.3) is 11.2 Å². The highest BCUT2D eigenvalue weighted by Crippen LogP contribution is 2.38. The molecule has 1 unspecified atom stereocenters. The molecular weight excluding hydrogens is 378 g/mol. The second-order valence-electron chi connectivity index (χ2n) is 6.86. The largest absolute Gasteiger partial charge is 0.387 e. The Morgan fingerprint density at radius 1 is 1.32 bits per heavy atom. The average molecular weight is 400 g/mol. The molecule has 1 aromatic carbocycles. The van der Waals surface area contributed by atoms with Gasteiger partial charge in [0, 0.05) is 10.9 Å². The Hall–Kier alpha value is -1.72. The van der Waals surface area contributed by atoms with Crippen LogP contribution in [0.1, 0.15) is 60.6 Å². The first kappa shape index (κ1) is 16.7. The minimum atomic E-state index is -0.580. The average Bonchev–Trinajstić information content (AvgIpc) is 3.14. The SMILES string of the molecule is CCc1nc2c(C)cc([C@H](C)O)nc2n1C1CCc2cc(Br)ccc21.